The van der Waals surface area contributed by atoms with E-state index in [1.807, 2.05) is 0 Å². The molecule has 0 saturated carbocycles. The third-order valence-electron chi connectivity index (χ3n) is 10.1. The zero-order valence-electron chi connectivity index (χ0n) is 29.5. The number of benzene rings is 8. The molecule has 0 spiro atoms. The minimum Gasteiger partial charge on any atom is -0.0683 e. The first-order valence-electron chi connectivity index (χ1n) is 18.2. The molecule has 0 unspecified atom stereocenters. The second kappa shape index (κ2) is 17.7. The Morgan fingerprint density at radius 2 is 0.462 bits per heavy atom. The van der Waals surface area contributed by atoms with Gasteiger partial charge >= 0.3 is 0 Å². The summed E-state index contributed by atoms with van der Waals surface area (Å²) in [5, 5.41) is 12.3. The van der Waals surface area contributed by atoms with Crippen molar-refractivity contribution in [3.63, 3.8) is 0 Å². The average Bonchev–Trinajstić information content (AvgIpc) is 3.25. The van der Waals surface area contributed by atoms with Crippen molar-refractivity contribution in [1.82, 2.24) is 0 Å². The summed E-state index contributed by atoms with van der Waals surface area (Å²) in [5.74, 6) is 0. The molecule has 4 heteroatoms. The molecule has 0 fully saturated rings. The van der Waals surface area contributed by atoms with Crippen molar-refractivity contribution in [1.29, 1.82) is 0 Å². The van der Waals surface area contributed by atoms with E-state index in [4.69, 9.17) is 0 Å². The number of hydrogen-bond acceptors (Lipinski definition) is 0. The molecule has 252 valence electrons. The first kappa shape index (κ1) is 35.0. The molecule has 0 heterocycles. The van der Waals surface area contributed by atoms with E-state index in [1.54, 1.807) is 20.7 Å². The van der Waals surface area contributed by atoms with Gasteiger partial charge in [-0.1, -0.05) is 284 Å². The second-order valence-corrected chi connectivity index (χ2v) is 30.8. The van der Waals surface area contributed by atoms with Crippen LogP contribution in [0.2, 0.25) is 0 Å². The normalized spacial score (nSPS) is 11.3. The van der Waals surface area contributed by atoms with Crippen molar-refractivity contribution in [2.45, 2.75) is 0 Å². The molecule has 0 aliphatic rings. The fraction of sp³-hybridized carbons (Fsp3) is 0. The minimum absolute atomic E-state index is 0.560. The Labute approximate surface area is 315 Å². The van der Waals surface area contributed by atoms with Crippen molar-refractivity contribution in [2.24, 2.45) is 0 Å². The molecule has 0 aliphatic heterocycles. The molecule has 8 rings (SSSR count). The Balaban J connectivity index is 0.000000162. The molecule has 0 aliphatic carbocycles. The van der Waals surface area contributed by atoms with E-state index in [0.717, 1.165) is 0 Å². The predicted octanol–water partition coefficient (Wildman–Crippen LogP) is 4.30. The van der Waals surface area contributed by atoms with Crippen molar-refractivity contribution in [3.05, 3.63) is 243 Å². The maximum atomic E-state index is 2.35. The fourth-order valence-corrected chi connectivity index (χ4v) is 31.3. The summed E-state index contributed by atoms with van der Waals surface area (Å²) in [6.07, 6.45) is 0. The van der Waals surface area contributed by atoms with Gasteiger partial charge in [-0.15, -0.1) is 0 Å². The third kappa shape index (κ3) is 8.22. The highest BCUT2D eigenvalue weighted by molar-refractivity contribution is 7.46. The van der Waals surface area contributed by atoms with Crippen LogP contribution in [0.4, 0.5) is 0 Å². The van der Waals surface area contributed by atoms with Gasteiger partial charge in [-0.25, -0.2) is 0 Å². The standard InChI is InChI=1S/2C24H22Si2/c1-5-13-21(14-6-1)25-26(22-15-7-2-8-16-22,23-17-9-3-10-18-23)24-19-11-4-12-20-24;1-5-13-21(14-6-1)25(22-15-7-2-8-16-22)26(23-17-9-3-10-18-23)24-19-11-4-12-20-24/h1-20H,25H2;1-20,25-26H. The molecule has 8 aromatic carbocycles. The Morgan fingerprint density at radius 1 is 0.250 bits per heavy atom. The molecular weight excluding hydrogens is 689 g/mol. The maximum Gasteiger partial charge on any atom is 0.137 e. The van der Waals surface area contributed by atoms with Crippen molar-refractivity contribution in [3.8, 4) is 0 Å². The van der Waals surface area contributed by atoms with E-state index >= 15 is 0 Å². The maximum absolute atomic E-state index is 2.35. The van der Waals surface area contributed by atoms with Gasteiger partial charge in [0.2, 0.25) is 0 Å². The quantitative estimate of drug-likeness (QED) is 0.146. The molecule has 0 saturated heterocycles. The molecule has 0 N–H and O–H groups in total. The highest BCUT2D eigenvalue weighted by Crippen LogP contribution is 2.08. The van der Waals surface area contributed by atoms with Gasteiger partial charge in [0.05, 0.1) is 9.04 Å². The van der Waals surface area contributed by atoms with Crippen LogP contribution in [0.25, 0.3) is 0 Å². The predicted molar refractivity (Wildman–Crippen MR) is 237 cm³/mol. The summed E-state index contributed by atoms with van der Waals surface area (Å²) >= 11 is 0. The van der Waals surface area contributed by atoms with Gasteiger partial charge < -0.3 is 0 Å². The molecule has 0 amide bonds. The molecule has 0 radical (unpaired) electrons. The zero-order valence-corrected chi connectivity index (χ0v) is 34.2. The van der Waals surface area contributed by atoms with Gasteiger partial charge in [0.15, 0.2) is 0 Å². The first-order chi connectivity index (χ1) is 25.8. The summed E-state index contributed by atoms with van der Waals surface area (Å²) in [7, 11) is -5.35. The van der Waals surface area contributed by atoms with Crippen molar-refractivity contribution >= 4 is 74.8 Å². The zero-order chi connectivity index (χ0) is 35.3. The van der Waals surface area contributed by atoms with E-state index < -0.39 is 33.3 Å². The first-order valence-corrected chi connectivity index (χ1v) is 28.2. The minimum atomic E-state index is -2.03. The van der Waals surface area contributed by atoms with Crippen molar-refractivity contribution in [2.75, 3.05) is 0 Å². The van der Waals surface area contributed by atoms with Crippen LogP contribution in [0.3, 0.4) is 0 Å². The van der Waals surface area contributed by atoms with E-state index in [0.29, 0.717) is 0 Å². The van der Waals surface area contributed by atoms with Crippen LogP contribution in [-0.4, -0.2) is 33.3 Å². The van der Waals surface area contributed by atoms with E-state index in [2.05, 4.69) is 243 Å². The summed E-state index contributed by atoms with van der Waals surface area (Å²) in [6.45, 7) is 0. The Kier molecular flexibility index (Phi) is 11.9. The van der Waals surface area contributed by atoms with Crippen molar-refractivity contribution < 1.29 is 0 Å². The molecule has 0 aromatic heterocycles. The molecule has 52 heavy (non-hydrogen) atoms. The van der Waals surface area contributed by atoms with Gasteiger partial charge in [0.25, 0.3) is 0 Å². The number of rotatable bonds is 10. The van der Waals surface area contributed by atoms with Crippen LogP contribution in [0.15, 0.2) is 243 Å². The lowest BCUT2D eigenvalue weighted by Crippen LogP contribution is -2.73. The molecule has 0 nitrogen and oxygen atoms in total. The lowest BCUT2D eigenvalue weighted by atomic mass is 10.3. The molecular formula is C48H44Si4. The van der Waals surface area contributed by atoms with Gasteiger partial charge in [-0.2, -0.15) is 0 Å². The summed E-state index contributed by atoms with van der Waals surface area (Å²) in [5.41, 5.74) is 0. The summed E-state index contributed by atoms with van der Waals surface area (Å²) in [4.78, 5) is 0. The molecule has 0 atom stereocenters. The van der Waals surface area contributed by atoms with Crippen LogP contribution < -0.4 is 41.5 Å². The van der Waals surface area contributed by atoms with Crippen LogP contribution in [-0.2, 0) is 0 Å². The lowest BCUT2D eigenvalue weighted by molar-refractivity contribution is 1.70. The van der Waals surface area contributed by atoms with E-state index in [-0.39, 0.29) is 0 Å². The van der Waals surface area contributed by atoms with E-state index in [1.165, 1.54) is 20.7 Å². The SMILES string of the molecule is c1ccc([SiH2][Si](c2ccccc2)(c2ccccc2)c2ccccc2)cc1.c1ccc([SiH](c2ccccc2)[SiH](c2ccccc2)c2ccccc2)cc1. The Bertz CT molecular complexity index is 1930. The Morgan fingerprint density at radius 3 is 0.712 bits per heavy atom. The van der Waals surface area contributed by atoms with Crippen LogP contribution in [0, 0.1) is 0 Å². The highest BCUT2D eigenvalue weighted by Gasteiger charge is 2.39. The third-order valence-corrected chi connectivity index (χ3v) is 33.6. The van der Waals surface area contributed by atoms with Crippen LogP contribution in [0.1, 0.15) is 0 Å². The molecule has 0 bridgehead atoms. The van der Waals surface area contributed by atoms with E-state index in [9.17, 15) is 0 Å². The molecule has 8 aromatic rings. The smallest absolute Gasteiger partial charge is 0.0683 e. The van der Waals surface area contributed by atoms with Crippen LogP contribution >= 0.6 is 0 Å². The summed E-state index contributed by atoms with van der Waals surface area (Å²) in [6, 6.07) is 89.6. The fourth-order valence-electron chi connectivity index (χ4n) is 7.67. The highest BCUT2D eigenvalue weighted by atomic mass is 29.2. The van der Waals surface area contributed by atoms with Crippen LogP contribution in [0.5, 0.6) is 0 Å². The van der Waals surface area contributed by atoms with Gasteiger partial charge in [0, 0.05) is 0 Å². The van der Waals surface area contributed by atoms with Gasteiger partial charge in [0.1, 0.15) is 24.2 Å². The number of hydrogen-bond donors (Lipinski definition) is 0. The average molecular weight is 733 g/mol. The van der Waals surface area contributed by atoms with Gasteiger partial charge in [-0.3, -0.25) is 0 Å². The second-order valence-electron chi connectivity index (χ2n) is 13.3. The largest absolute Gasteiger partial charge is 0.137 e. The monoisotopic (exact) mass is 732 g/mol. The topological polar surface area (TPSA) is 0 Å². The van der Waals surface area contributed by atoms with Gasteiger partial charge in [-0.05, 0) is 0 Å². The lowest BCUT2D eigenvalue weighted by Gasteiger charge is -2.33. The summed E-state index contributed by atoms with van der Waals surface area (Å²) < 4.78 is 0. The Hall–Kier alpha value is -5.37.